The van der Waals surface area contributed by atoms with Crippen LogP contribution in [-0.2, 0) is 4.79 Å². The largest absolute Gasteiger partial charge is 0.496 e. The molecule has 3 N–H and O–H groups in total. The highest BCUT2D eigenvalue weighted by Gasteiger charge is 2.43. The van der Waals surface area contributed by atoms with Gasteiger partial charge in [-0.3, -0.25) is 14.0 Å². The number of carbonyl (C=O) groups is 2. The molecule has 1 aromatic carbocycles. The van der Waals surface area contributed by atoms with Crippen molar-refractivity contribution in [2.45, 2.75) is 12.2 Å². The van der Waals surface area contributed by atoms with Gasteiger partial charge in [0.25, 0.3) is 11.8 Å². The van der Waals surface area contributed by atoms with Crippen LogP contribution < -0.4 is 20.5 Å². The average Bonchev–Trinajstić information content (AvgIpc) is 2.91. The van der Waals surface area contributed by atoms with Gasteiger partial charge in [-0.15, -0.1) is 0 Å². The molecule has 138 valence electrons. The molecule has 1 aliphatic rings. The third-order valence-electron chi connectivity index (χ3n) is 4.36. The number of primary amides is 1. The molecular formula is C17H17F2N3O4. The maximum absolute atomic E-state index is 13.6. The van der Waals surface area contributed by atoms with Crippen LogP contribution in [0.5, 0.6) is 11.6 Å². The Morgan fingerprint density at radius 1 is 1.42 bits per heavy atom. The number of nitrogens with two attached hydrogens (primary N) is 1. The minimum atomic E-state index is -1.90. The van der Waals surface area contributed by atoms with Crippen molar-refractivity contribution in [2.75, 3.05) is 20.4 Å². The van der Waals surface area contributed by atoms with Crippen molar-refractivity contribution in [3.8, 4) is 11.6 Å². The zero-order chi connectivity index (χ0) is 18.8. The quantitative estimate of drug-likeness (QED) is 0.799. The van der Waals surface area contributed by atoms with Crippen LogP contribution in [-0.4, -0.2) is 49.4 Å². The molecule has 0 unspecified atom stereocenters. The van der Waals surface area contributed by atoms with E-state index in [4.69, 9.17) is 15.2 Å². The van der Waals surface area contributed by atoms with Crippen molar-refractivity contribution in [1.82, 2.24) is 10.3 Å². The molecule has 26 heavy (non-hydrogen) atoms. The molecule has 1 saturated heterocycles. The number of fused-ring (bicyclic) bond motifs is 1. The predicted octanol–water partition coefficient (Wildman–Crippen LogP) is 1.14. The number of benzene rings is 1. The smallest absolute Gasteiger partial charge is 0.255 e. The van der Waals surface area contributed by atoms with Crippen LogP contribution in [0.2, 0.25) is 0 Å². The third kappa shape index (κ3) is 3.12. The van der Waals surface area contributed by atoms with Crippen LogP contribution in [0.1, 0.15) is 10.4 Å². The highest BCUT2D eigenvalue weighted by Crippen LogP contribution is 2.31. The topological polar surface area (TPSA) is 104 Å². The molecule has 3 rings (SSSR count). The fourth-order valence-electron chi connectivity index (χ4n) is 2.94. The van der Waals surface area contributed by atoms with Crippen molar-refractivity contribution in [3.05, 3.63) is 30.0 Å². The van der Waals surface area contributed by atoms with Crippen molar-refractivity contribution in [3.63, 3.8) is 0 Å². The van der Waals surface area contributed by atoms with E-state index < -0.39 is 36.6 Å². The van der Waals surface area contributed by atoms with Crippen LogP contribution in [0.25, 0.3) is 10.8 Å². The maximum atomic E-state index is 13.6. The number of hydrogen-bond donors (Lipinski definition) is 2. The Kier molecular flexibility index (Phi) is 4.88. The van der Waals surface area contributed by atoms with Crippen molar-refractivity contribution in [1.29, 1.82) is 0 Å². The van der Waals surface area contributed by atoms with Gasteiger partial charge in [-0.05, 0) is 23.6 Å². The van der Waals surface area contributed by atoms with Crippen molar-refractivity contribution >= 4 is 22.6 Å². The summed E-state index contributed by atoms with van der Waals surface area (Å²) >= 11 is 0. The van der Waals surface area contributed by atoms with Gasteiger partial charge in [0.15, 0.2) is 6.17 Å². The lowest BCUT2D eigenvalue weighted by Crippen LogP contribution is -2.35. The Balaban J connectivity index is 1.89. The SMILES string of the molecule is COc1cc2c(OC[C@H]3NC(=O)[C@H](F)[C@H]3CF)nccc2cc1C(N)=O. The Morgan fingerprint density at radius 2 is 2.19 bits per heavy atom. The number of methoxy groups -OCH3 is 1. The van der Waals surface area contributed by atoms with Crippen LogP contribution in [0.3, 0.4) is 0 Å². The Labute approximate surface area is 147 Å². The normalized spacial score (nSPS) is 22.3. The standard InChI is InChI=1S/C17H17F2N3O4/c1-25-13-5-9-8(4-10(13)15(20)23)2-3-21-17(9)26-7-12-11(6-18)14(19)16(24)22-12/h2-5,11-12,14H,6-7H2,1H3,(H2,20,23)(H,22,24)/t11-,12+,14+/m0/s1. The number of halogens is 2. The van der Waals surface area contributed by atoms with Gasteiger partial charge in [0.05, 0.1) is 31.3 Å². The van der Waals surface area contributed by atoms with E-state index in [1.54, 1.807) is 18.2 Å². The van der Waals surface area contributed by atoms with Crippen LogP contribution in [0.15, 0.2) is 24.4 Å². The van der Waals surface area contributed by atoms with Gasteiger partial charge in [-0.2, -0.15) is 0 Å². The molecule has 7 nitrogen and oxygen atoms in total. The Hall–Kier alpha value is -2.97. The minimum absolute atomic E-state index is 0.146. The van der Waals surface area contributed by atoms with Gasteiger partial charge >= 0.3 is 0 Å². The predicted molar refractivity (Wildman–Crippen MR) is 88.6 cm³/mol. The summed E-state index contributed by atoms with van der Waals surface area (Å²) in [6.07, 6.45) is -0.431. The number of aromatic nitrogens is 1. The second-order valence-electron chi connectivity index (χ2n) is 5.90. The molecule has 0 aliphatic carbocycles. The summed E-state index contributed by atoms with van der Waals surface area (Å²) in [6.45, 7) is -1.13. The molecule has 0 radical (unpaired) electrons. The van der Waals surface area contributed by atoms with E-state index in [2.05, 4.69) is 10.3 Å². The summed E-state index contributed by atoms with van der Waals surface area (Å²) in [5, 5.41) is 3.54. The summed E-state index contributed by atoms with van der Waals surface area (Å²) in [7, 11) is 1.39. The monoisotopic (exact) mass is 365 g/mol. The molecule has 0 spiro atoms. The molecule has 0 bridgehead atoms. The minimum Gasteiger partial charge on any atom is -0.496 e. The zero-order valence-corrected chi connectivity index (χ0v) is 13.9. The summed E-state index contributed by atoms with van der Waals surface area (Å²) < 4.78 is 37.4. The summed E-state index contributed by atoms with van der Waals surface area (Å²) in [5.41, 5.74) is 5.55. The second-order valence-corrected chi connectivity index (χ2v) is 5.90. The van der Waals surface area contributed by atoms with Gasteiger partial charge in [-0.1, -0.05) is 0 Å². The molecule has 1 aromatic heterocycles. The fraction of sp³-hybridized carbons (Fsp3) is 0.353. The molecule has 0 saturated carbocycles. The molecule has 1 aliphatic heterocycles. The van der Waals surface area contributed by atoms with Crippen molar-refractivity contribution < 1.29 is 27.8 Å². The third-order valence-corrected chi connectivity index (χ3v) is 4.36. The molecule has 2 amide bonds. The molecule has 1 fully saturated rings. The first kappa shape index (κ1) is 17.8. The van der Waals surface area contributed by atoms with Crippen molar-refractivity contribution in [2.24, 2.45) is 11.7 Å². The van der Waals surface area contributed by atoms with Gasteiger partial charge in [0.2, 0.25) is 5.88 Å². The zero-order valence-electron chi connectivity index (χ0n) is 13.9. The first-order chi connectivity index (χ1) is 12.5. The Morgan fingerprint density at radius 3 is 2.85 bits per heavy atom. The lowest BCUT2D eigenvalue weighted by atomic mass is 10.0. The number of nitrogens with one attached hydrogen (secondary N) is 1. The average molecular weight is 365 g/mol. The van der Waals surface area contributed by atoms with Crippen LogP contribution >= 0.6 is 0 Å². The number of pyridine rings is 1. The lowest BCUT2D eigenvalue weighted by molar-refractivity contribution is -0.124. The number of hydrogen-bond acceptors (Lipinski definition) is 5. The van der Waals surface area contributed by atoms with Gasteiger partial charge in [-0.25, -0.2) is 9.37 Å². The molecule has 9 heteroatoms. The van der Waals surface area contributed by atoms with Crippen LogP contribution in [0, 0.1) is 5.92 Å². The molecular weight excluding hydrogens is 348 g/mol. The van der Waals surface area contributed by atoms with E-state index in [-0.39, 0.29) is 23.8 Å². The number of alkyl halides is 2. The molecule has 2 aromatic rings. The number of amides is 2. The van der Waals surface area contributed by atoms with Gasteiger partial charge in [0.1, 0.15) is 12.4 Å². The van der Waals surface area contributed by atoms with Gasteiger partial charge in [0, 0.05) is 11.6 Å². The van der Waals surface area contributed by atoms with E-state index in [0.29, 0.717) is 10.8 Å². The number of rotatable bonds is 6. The highest BCUT2D eigenvalue weighted by atomic mass is 19.1. The van der Waals surface area contributed by atoms with Gasteiger partial charge < -0.3 is 20.5 Å². The maximum Gasteiger partial charge on any atom is 0.255 e. The molecule has 2 heterocycles. The fourth-order valence-corrected chi connectivity index (χ4v) is 2.94. The first-order valence-corrected chi connectivity index (χ1v) is 7.86. The van der Waals surface area contributed by atoms with E-state index in [0.717, 1.165) is 0 Å². The first-order valence-electron chi connectivity index (χ1n) is 7.86. The lowest BCUT2D eigenvalue weighted by Gasteiger charge is -2.18. The molecule has 3 atom stereocenters. The van der Waals surface area contributed by atoms with Crippen LogP contribution in [0.4, 0.5) is 8.78 Å². The second kappa shape index (κ2) is 7.11. The van der Waals surface area contributed by atoms with E-state index >= 15 is 0 Å². The number of ether oxygens (including phenoxy) is 2. The Bertz CT molecular complexity index is 861. The summed E-state index contributed by atoms with van der Waals surface area (Å²) in [4.78, 5) is 27.0. The van der Waals surface area contributed by atoms with E-state index in [9.17, 15) is 18.4 Å². The van der Waals surface area contributed by atoms with E-state index in [1.165, 1.54) is 13.3 Å². The number of nitrogens with zero attached hydrogens (tertiary/aromatic N) is 1. The number of carbonyl (C=O) groups excluding carboxylic acids is 2. The summed E-state index contributed by atoms with van der Waals surface area (Å²) in [6, 6.07) is 3.96. The van der Waals surface area contributed by atoms with E-state index in [1.807, 2.05) is 0 Å². The highest BCUT2D eigenvalue weighted by molar-refractivity contribution is 6.01. The summed E-state index contributed by atoms with van der Waals surface area (Å²) in [5.74, 6) is -2.15.